The first kappa shape index (κ1) is 21.6. The highest BCUT2D eigenvalue weighted by atomic mass is 16.5. The summed E-state index contributed by atoms with van der Waals surface area (Å²) in [7, 11) is 1.64. The average molecular weight is 402 g/mol. The maximum absolute atomic E-state index is 12.0. The monoisotopic (exact) mass is 401 g/mol. The van der Waals surface area contributed by atoms with E-state index in [0.717, 1.165) is 45.2 Å². The first-order valence-electron chi connectivity index (χ1n) is 10.8. The standard InChI is InChI=1S/C22H35N5O2/c1-3-23-22(25-16-19-15-20(19)18-7-5-4-6-8-18)27-12-10-26(11-13-27)17-21(28)24-9-14-29-2/h4-8,19-20H,3,9-17H2,1-2H3,(H,23,25)(H,24,28). The van der Waals surface area contributed by atoms with E-state index in [4.69, 9.17) is 9.73 Å². The number of rotatable bonds is 9. The van der Waals surface area contributed by atoms with Gasteiger partial charge < -0.3 is 20.3 Å². The Hall–Kier alpha value is -2.12. The van der Waals surface area contributed by atoms with Crippen molar-refractivity contribution in [1.82, 2.24) is 20.4 Å². The zero-order valence-corrected chi connectivity index (χ0v) is 17.8. The summed E-state index contributed by atoms with van der Waals surface area (Å²) in [5.41, 5.74) is 1.44. The largest absolute Gasteiger partial charge is 0.383 e. The predicted octanol–water partition coefficient (Wildman–Crippen LogP) is 1.14. The molecule has 1 aromatic carbocycles. The van der Waals surface area contributed by atoms with Crippen molar-refractivity contribution in [2.24, 2.45) is 10.9 Å². The number of piperazine rings is 1. The van der Waals surface area contributed by atoms with Crippen LogP contribution in [0.4, 0.5) is 0 Å². The van der Waals surface area contributed by atoms with Crippen LogP contribution < -0.4 is 10.6 Å². The molecule has 1 aromatic rings. The van der Waals surface area contributed by atoms with Crippen LogP contribution >= 0.6 is 0 Å². The second kappa shape index (κ2) is 11.2. The molecule has 7 heteroatoms. The molecule has 2 fully saturated rings. The molecule has 1 aliphatic carbocycles. The molecule has 7 nitrogen and oxygen atoms in total. The minimum Gasteiger partial charge on any atom is -0.383 e. The zero-order valence-electron chi connectivity index (χ0n) is 17.8. The highest BCUT2D eigenvalue weighted by Gasteiger charge is 2.38. The quantitative estimate of drug-likeness (QED) is 0.369. The maximum atomic E-state index is 12.0. The second-order valence-electron chi connectivity index (χ2n) is 7.81. The molecule has 2 N–H and O–H groups in total. The number of benzene rings is 1. The van der Waals surface area contributed by atoms with Gasteiger partial charge in [-0.15, -0.1) is 0 Å². The van der Waals surface area contributed by atoms with Gasteiger partial charge in [-0.25, -0.2) is 0 Å². The number of hydrogen-bond acceptors (Lipinski definition) is 4. The molecule has 1 heterocycles. The minimum atomic E-state index is 0.0664. The lowest BCUT2D eigenvalue weighted by atomic mass is 10.1. The maximum Gasteiger partial charge on any atom is 0.234 e. The van der Waals surface area contributed by atoms with Crippen molar-refractivity contribution in [3.8, 4) is 0 Å². The lowest BCUT2D eigenvalue weighted by Gasteiger charge is -2.36. The summed E-state index contributed by atoms with van der Waals surface area (Å²) >= 11 is 0. The highest BCUT2D eigenvalue weighted by Crippen LogP contribution is 2.47. The molecular formula is C22H35N5O2. The SMILES string of the molecule is CCNC(=NCC1CC1c1ccccc1)N1CCN(CC(=O)NCCOC)CC1. The molecule has 0 spiro atoms. The summed E-state index contributed by atoms with van der Waals surface area (Å²) in [5.74, 6) is 2.40. The molecule has 1 saturated heterocycles. The van der Waals surface area contributed by atoms with Gasteiger partial charge in [0.25, 0.3) is 0 Å². The van der Waals surface area contributed by atoms with Gasteiger partial charge >= 0.3 is 0 Å². The summed E-state index contributed by atoms with van der Waals surface area (Å²) < 4.78 is 4.97. The number of nitrogens with zero attached hydrogens (tertiary/aromatic N) is 3. The third-order valence-corrected chi connectivity index (χ3v) is 5.63. The van der Waals surface area contributed by atoms with E-state index in [2.05, 4.69) is 57.7 Å². The van der Waals surface area contributed by atoms with E-state index in [0.29, 0.717) is 31.5 Å². The van der Waals surface area contributed by atoms with Crippen molar-refractivity contribution in [3.05, 3.63) is 35.9 Å². The van der Waals surface area contributed by atoms with Gasteiger partial charge in [-0.05, 0) is 30.7 Å². The van der Waals surface area contributed by atoms with Gasteiger partial charge in [-0.2, -0.15) is 0 Å². The van der Waals surface area contributed by atoms with Crippen LogP contribution in [0.1, 0.15) is 24.8 Å². The lowest BCUT2D eigenvalue weighted by Crippen LogP contribution is -2.54. The van der Waals surface area contributed by atoms with Crippen molar-refractivity contribution < 1.29 is 9.53 Å². The van der Waals surface area contributed by atoms with Crippen LogP contribution in [-0.2, 0) is 9.53 Å². The number of carbonyl (C=O) groups excluding carboxylic acids is 1. The number of nitrogens with one attached hydrogen (secondary N) is 2. The van der Waals surface area contributed by atoms with Crippen molar-refractivity contribution in [3.63, 3.8) is 0 Å². The molecule has 0 radical (unpaired) electrons. The van der Waals surface area contributed by atoms with Gasteiger partial charge in [-0.1, -0.05) is 30.3 Å². The molecule has 1 saturated carbocycles. The summed E-state index contributed by atoms with van der Waals surface area (Å²) in [5, 5.41) is 6.33. The van der Waals surface area contributed by atoms with Crippen LogP contribution in [-0.4, -0.2) is 87.7 Å². The Morgan fingerprint density at radius 2 is 1.93 bits per heavy atom. The number of methoxy groups -OCH3 is 1. The van der Waals surface area contributed by atoms with Crippen LogP contribution in [0.3, 0.4) is 0 Å². The molecule has 1 aliphatic heterocycles. The summed E-state index contributed by atoms with van der Waals surface area (Å²) in [6, 6.07) is 10.8. The Morgan fingerprint density at radius 3 is 2.62 bits per heavy atom. The molecular weight excluding hydrogens is 366 g/mol. The molecule has 2 aliphatic rings. The Labute approximate surface area is 174 Å². The fourth-order valence-corrected chi connectivity index (χ4v) is 3.86. The van der Waals surface area contributed by atoms with Gasteiger partial charge in [-0.3, -0.25) is 14.7 Å². The first-order valence-corrected chi connectivity index (χ1v) is 10.8. The number of guanidine groups is 1. The van der Waals surface area contributed by atoms with Crippen molar-refractivity contribution >= 4 is 11.9 Å². The van der Waals surface area contributed by atoms with Crippen LogP contribution in [0.5, 0.6) is 0 Å². The Bertz CT molecular complexity index is 658. The van der Waals surface area contributed by atoms with E-state index in [-0.39, 0.29) is 5.91 Å². The fourth-order valence-electron chi connectivity index (χ4n) is 3.86. The Morgan fingerprint density at radius 1 is 1.17 bits per heavy atom. The predicted molar refractivity (Wildman–Crippen MR) is 116 cm³/mol. The van der Waals surface area contributed by atoms with Crippen LogP contribution in [0.2, 0.25) is 0 Å². The molecule has 160 valence electrons. The average Bonchev–Trinajstić information content (AvgIpc) is 3.52. The van der Waals surface area contributed by atoms with Gasteiger partial charge in [0.15, 0.2) is 5.96 Å². The third kappa shape index (κ3) is 6.72. The molecule has 2 atom stereocenters. The van der Waals surface area contributed by atoms with Crippen LogP contribution in [0, 0.1) is 5.92 Å². The van der Waals surface area contributed by atoms with Gasteiger partial charge in [0, 0.05) is 52.9 Å². The molecule has 29 heavy (non-hydrogen) atoms. The van der Waals surface area contributed by atoms with Gasteiger partial charge in [0.05, 0.1) is 13.2 Å². The molecule has 2 unspecified atom stereocenters. The number of ether oxygens (including phenoxy) is 1. The minimum absolute atomic E-state index is 0.0664. The first-order chi connectivity index (χ1) is 14.2. The summed E-state index contributed by atoms with van der Waals surface area (Å²) in [6.45, 7) is 8.96. The normalized spacial score (nSPS) is 22.4. The van der Waals surface area contributed by atoms with E-state index >= 15 is 0 Å². The Kier molecular flexibility index (Phi) is 8.31. The lowest BCUT2D eigenvalue weighted by molar-refractivity contribution is -0.122. The summed E-state index contributed by atoms with van der Waals surface area (Å²) in [4.78, 5) is 21.4. The molecule has 0 aromatic heterocycles. The highest BCUT2D eigenvalue weighted by molar-refractivity contribution is 5.80. The van der Waals surface area contributed by atoms with E-state index < -0.39 is 0 Å². The van der Waals surface area contributed by atoms with E-state index in [1.807, 2.05) is 0 Å². The number of carbonyl (C=O) groups is 1. The van der Waals surface area contributed by atoms with E-state index in [1.54, 1.807) is 7.11 Å². The van der Waals surface area contributed by atoms with Gasteiger partial charge in [0.2, 0.25) is 5.91 Å². The smallest absolute Gasteiger partial charge is 0.234 e. The number of hydrogen-bond donors (Lipinski definition) is 2. The van der Waals surface area contributed by atoms with Crippen molar-refractivity contribution in [2.75, 3.05) is 66.1 Å². The second-order valence-corrected chi connectivity index (χ2v) is 7.81. The van der Waals surface area contributed by atoms with Crippen molar-refractivity contribution in [1.29, 1.82) is 0 Å². The van der Waals surface area contributed by atoms with Crippen LogP contribution in [0.25, 0.3) is 0 Å². The van der Waals surface area contributed by atoms with Crippen molar-refractivity contribution in [2.45, 2.75) is 19.3 Å². The Balaban J connectivity index is 1.43. The van der Waals surface area contributed by atoms with Crippen LogP contribution in [0.15, 0.2) is 35.3 Å². The van der Waals surface area contributed by atoms with Gasteiger partial charge in [0.1, 0.15) is 0 Å². The molecule has 3 rings (SSSR count). The third-order valence-electron chi connectivity index (χ3n) is 5.63. The molecule has 1 amide bonds. The van der Waals surface area contributed by atoms with E-state index in [9.17, 15) is 4.79 Å². The zero-order chi connectivity index (χ0) is 20.5. The number of aliphatic imine (C=N–C) groups is 1. The molecule has 0 bridgehead atoms. The topological polar surface area (TPSA) is 69.2 Å². The number of amides is 1. The van der Waals surface area contributed by atoms with E-state index in [1.165, 1.54) is 12.0 Å². The summed E-state index contributed by atoms with van der Waals surface area (Å²) in [6.07, 6.45) is 1.23. The fraction of sp³-hybridized carbons (Fsp3) is 0.636.